The van der Waals surface area contributed by atoms with Crippen LogP contribution in [0.4, 0.5) is 0 Å². The predicted octanol–water partition coefficient (Wildman–Crippen LogP) is 6.69. The Hall–Kier alpha value is -0.780. The molecule has 0 nitrogen and oxygen atoms in total. The molecule has 1 radical (unpaired) electrons. The van der Waals surface area contributed by atoms with Crippen LogP contribution in [-0.4, -0.2) is 0 Å². The third-order valence-electron chi connectivity index (χ3n) is 4.34. The largest absolute Gasteiger partial charge is 0.0654 e. The molecule has 0 amide bonds. The van der Waals surface area contributed by atoms with E-state index in [1.165, 1.54) is 69.8 Å². The van der Waals surface area contributed by atoms with E-state index in [1.54, 1.807) is 0 Å². The third-order valence-corrected chi connectivity index (χ3v) is 4.34. The molecule has 1 aromatic carbocycles. The van der Waals surface area contributed by atoms with Crippen molar-refractivity contribution < 1.29 is 0 Å². The number of benzene rings is 1. The highest BCUT2D eigenvalue weighted by Crippen LogP contribution is 2.28. The monoisotopic (exact) mass is 273 g/mol. The van der Waals surface area contributed by atoms with Crippen molar-refractivity contribution in [2.75, 3.05) is 0 Å². The van der Waals surface area contributed by atoms with E-state index >= 15 is 0 Å². The Kier molecular flexibility index (Phi) is 8.65. The summed E-state index contributed by atoms with van der Waals surface area (Å²) in [5.41, 5.74) is 1.64. The fourth-order valence-electron chi connectivity index (χ4n) is 2.83. The SMILES string of the molecule is CCCCCCCCCCCC(C)(C)c1[c]cccc1. The molecule has 0 atom stereocenters. The van der Waals surface area contributed by atoms with Crippen molar-refractivity contribution in [3.63, 3.8) is 0 Å². The predicted molar refractivity (Wildman–Crippen MR) is 90.1 cm³/mol. The van der Waals surface area contributed by atoms with E-state index in [0.717, 1.165) is 0 Å². The molecule has 0 N–H and O–H groups in total. The summed E-state index contributed by atoms with van der Waals surface area (Å²) in [5, 5.41) is 0. The van der Waals surface area contributed by atoms with Gasteiger partial charge in [0.25, 0.3) is 0 Å². The van der Waals surface area contributed by atoms with Gasteiger partial charge in [-0.2, -0.15) is 0 Å². The zero-order valence-corrected chi connectivity index (χ0v) is 13.9. The first kappa shape index (κ1) is 17.3. The van der Waals surface area contributed by atoms with Gasteiger partial charge < -0.3 is 0 Å². The molecule has 113 valence electrons. The average Bonchev–Trinajstić information content (AvgIpc) is 2.46. The maximum Gasteiger partial charge on any atom is -0.00974 e. The van der Waals surface area contributed by atoms with Crippen molar-refractivity contribution in [3.05, 3.63) is 35.9 Å². The lowest BCUT2D eigenvalue weighted by atomic mass is 9.80. The summed E-state index contributed by atoms with van der Waals surface area (Å²) < 4.78 is 0. The second-order valence-electron chi connectivity index (χ2n) is 6.74. The van der Waals surface area contributed by atoms with Gasteiger partial charge in [-0.15, -0.1) is 0 Å². The van der Waals surface area contributed by atoms with E-state index in [1.807, 2.05) is 6.07 Å². The Balaban J connectivity index is 2.06. The van der Waals surface area contributed by atoms with Gasteiger partial charge in [0.2, 0.25) is 0 Å². The molecule has 0 saturated heterocycles. The molecular formula is C20H33. The minimum Gasteiger partial charge on any atom is -0.0654 e. The molecule has 0 spiro atoms. The van der Waals surface area contributed by atoms with E-state index in [4.69, 9.17) is 0 Å². The van der Waals surface area contributed by atoms with Crippen LogP contribution in [0.5, 0.6) is 0 Å². The zero-order chi connectivity index (χ0) is 14.7. The Morgan fingerprint density at radius 3 is 2.00 bits per heavy atom. The summed E-state index contributed by atoms with van der Waals surface area (Å²) in [6.07, 6.45) is 14.0. The molecule has 0 heteroatoms. The lowest BCUT2D eigenvalue weighted by Gasteiger charge is -2.25. The van der Waals surface area contributed by atoms with Crippen LogP contribution in [0.1, 0.15) is 90.5 Å². The molecule has 0 aliphatic rings. The molecule has 0 unspecified atom stereocenters. The van der Waals surface area contributed by atoms with E-state index in [9.17, 15) is 0 Å². The summed E-state index contributed by atoms with van der Waals surface area (Å²) in [4.78, 5) is 0. The molecule has 1 aromatic rings. The second kappa shape index (κ2) is 10.0. The maximum atomic E-state index is 3.39. The maximum absolute atomic E-state index is 3.39. The first-order valence-corrected chi connectivity index (χ1v) is 8.64. The highest BCUT2D eigenvalue weighted by atomic mass is 14.2. The number of hydrogen-bond donors (Lipinski definition) is 0. The molecule has 0 aliphatic heterocycles. The molecule has 0 bridgehead atoms. The van der Waals surface area contributed by atoms with Gasteiger partial charge in [0, 0.05) is 0 Å². The second-order valence-corrected chi connectivity index (χ2v) is 6.74. The molecule has 0 fully saturated rings. The summed E-state index contributed by atoms with van der Waals surface area (Å²) in [6, 6.07) is 11.8. The molecule has 20 heavy (non-hydrogen) atoms. The van der Waals surface area contributed by atoms with Crippen LogP contribution in [0.25, 0.3) is 0 Å². The van der Waals surface area contributed by atoms with Crippen LogP contribution in [0.15, 0.2) is 24.3 Å². The van der Waals surface area contributed by atoms with Gasteiger partial charge >= 0.3 is 0 Å². The fraction of sp³-hybridized carbons (Fsp3) is 0.700. The van der Waals surface area contributed by atoms with Crippen molar-refractivity contribution in [2.24, 2.45) is 0 Å². The van der Waals surface area contributed by atoms with Crippen molar-refractivity contribution in [1.82, 2.24) is 0 Å². The molecule has 0 aliphatic carbocycles. The average molecular weight is 273 g/mol. The highest BCUT2D eigenvalue weighted by molar-refractivity contribution is 5.21. The van der Waals surface area contributed by atoms with Crippen LogP contribution in [-0.2, 0) is 5.41 Å². The van der Waals surface area contributed by atoms with Gasteiger partial charge in [-0.3, -0.25) is 0 Å². The first-order valence-electron chi connectivity index (χ1n) is 8.64. The summed E-state index contributed by atoms with van der Waals surface area (Å²) in [5.74, 6) is 0. The quantitative estimate of drug-likeness (QED) is 0.394. The van der Waals surface area contributed by atoms with Gasteiger partial charge in [-0.05, 0) is 23.5 Å². The van der Waals surface area contributed by atoms with Crippen LogP contribution < -0.4 is 0 Å². The summed E-state index contributed by atoms with van der Waals surface area (Å²) in [7, 11) is 0. The van der Waals surface area contributed by atoms with Crippen LogP contribution >= 0.6 is 0 Å². The van der Waals surface area contributed by atoms with Gasteiger partial charge in [0.1, 0.15) is 0 Å². The Bertz CT molecular complexity index is 323. The van der Waals surface area contributed by atoms with Crippen LogP contribution in [0.2, 0.25) is 0 Å². The standard InChI is InChI=1S/C20H33/c1-4-5-6-7-8-9-10-11-15-18-20(2,3)19-16-13-12-14-17-19/h12-14,16H,4-11,15,18H2,1-3H3. The van der Waals surface area contributed by atoms with E-state index in [-0.39, 0.29) is 5.41 Å². The molecule has 0 saturated carbocycles. The molecule has 0 heterocycles. The number of rotatable bonds is 11. The lowest BCUT2D eigenvalue weighted by molar-refractivity contribution is 0.440. The topological polar surface area (TPSA) is 0 Å². The number of hydrogen-bond acceptors (Lipinski definition) is 0. The molecule has 1 rings (SSSR count). The van der Waals surface area contributed by atoms with Gasteiger partial charge in [0.15, 0.2) is 0 Å². The number of unbranched alkanes of at least 4 members (excludes halogenated alkanes) is 8. The van der Waals surface area contributed by atoms with Crippen molar-refractivity contribution in [3.8, 4) is 0 Å². The van der Waals surface area contributed by atoms with Crippen molar-refractivity contribution in [2.45, 2.75) is 90.4 Å². The normalized spacial score (nSPS) is 11.8. The van der Waals surface area contributed by atoms with E-state index in [0.29, 0.717) is 0 Å². The van der Waals surface area contributed by atoms with E-state index in [2.05, 4.69) is 45.0 Å². The van der Waals surface area contributed by atoms with Crippen LogP contribution in [0, 0.1) is 6.07 Å². The zero-order valence-electron chi connectivity index (χ0n) is 13.9. The lowest BCUT2D eigenvalue weighted by Crippen LogP contribution is -2.16. The van der Waals surface area contributed by atoms with Crippen LogP contribution in [0.3, 0.4) is 0 Å². The summed E-state index contributed by atoms with van der Waals surface area (Å²) >= 11 is 0. The first-order chi connectivity index (χ1) is 9.67. The van der Waals surface area contributed by atoms with Gasteiger partial charge in [-0.1, -0.05) is 103 Å². The Morgan fingerprint density at radius 1 is 0.850 bits per heavy atom. The molecule has 0 aromatic heterocycles. The fourth-order valence-corrected chi connectivity index (χ4v) is 2.83. The minimum absolute atomic E-state index is 0.280. The smallest absolute Gasteiger partial charge is 0.00974 e. The van der Waals surface area contributed by atoms with Gasteiger partial charge in [0.05, 0.1) is 0 Å². The van der Waals surface area contributed by atoms with E-state index < -0.39 is 0 Å². The Labute approximate surface area is 127 Å². The van der Waals surface area contributed by atoms with Crippen molar-refractivity contribution in [1.29, 1.82) is 0 Å². The highest BCUT2D eigenvalue weighted by Gasteiger charge is 2.19. The third kappa shape index (κ3) is 7.12. The minimum atomic E-state index is 0.280. The van der Waals surface area contributed by atoms with Crippen molar-refractivity contribution >= 4 is 0 Å². The Morgan fingerprint density at radius 2 is 1.45 bits per heavy atom. The molecular weight excluding hydrogens is 240 g/mol. The summed E-state index contributed by atoms with van der Waals surface area (Å²) in [6.45, 7) is 6.99. The van der Waals surface area contributed by atoms with Gasteiger partial charge in [-0.25, -0.2) is 0 Å².